The zero-order valence-electron chi connectivity index (χ0n) is 25.5. The van der Waals surface area contributed by atoms with Crippen molar-refractivity contribution >= 4 is 11.8 Å². The molecule has 0 fully saturated rings. The van der Waals surface area contributed by atoms with E-state index < -0.39 is 0 Å². The number of amides is 2. The van der Waals surface area contributed by atoms with Crippen molar-refractivity contribution < 1.29 is 9.59 Å². The topological polar surface area (TPSA) is 64.7 Å². The van der Waals surface area contributed by atoms with Gasteiger partial charge in [0.05, 0.1) is 0 Å². The monoisotopic (exact) mass is 550 g/mol. The predicted octanol–water partition coefficient (Wildman–Crippen LogP) is 6.16. The molecule has 0 saturated carbocycles. The lowest BCUT2D eigenvalue weighted by atomic mass is 10.1. The average Bonchev–Trinajstić information content (AvgIpc) is 2.94. The Morgan fingerprint density at radius 3 is 1.27 bits per heavy atom. The summed E-state index contributed by atoms with van der Waals surface area (Å²) in [5.41, 5.74) is 2.60. The van der Waals surface area contributed by atoms with Gasteiger partial charge in [0.1, 0.15) is 0 Å². The van der Waals surface area contributed by atoms with Crippen LogP contribution in [-0.2, 0) is 22.7 Å². The Morgan fingerprint density at radius 2 is 0.925 bits per heavy atom. The molecule has 2 N–H and O–H groups in total. The predicted molar refractivity (Wildman–Crippen MR) is 167 cm³/mol. The second kappa shape index (κ2) is 20.2. The van der Waals surface area contributed by atoms with Crippen molar-refractivity contribution in [2.75, 3.05) is 26.2 Å². The van der Waals surface area contributed by atoms with Gasteiger partial charge in [0.15, 0.2) is 0 Å². The molecule has 6 heteroatoms. The second-order valence-corrected chi connectivity index (χ2v) is 11.4. The van der Waals surface area contributed by atoms with Gasteiger partial charge in [-0.1, -0.05) is 86.3 Å². The normalized spacial score (nSPS) is 11.5. The van der Waals surface area contributed by atoms with E-state index in [-0.39, 0.29) is 11.8 Å². The van der Waals surface area contributed by atoms with E-state index in [1.165, 1.54) is 11.1 Å². The highest BCUT2D eigenvalue weighted by Crippen LogP contribution is 2.10. The van der Waals surface area contributed by atoms with Gasteiger partial charge in [-0.15, -0.1) is 0 Å². The van der Waals surface area contributed by atoms with Gasteiger partial charge < -0.3 is 10.6 Å². The molecule has 0 aromatic heterocycles. The molecular formula is C34H54N4O2. The maximum Gasteiger partial charge on any atom is 0.220 e. The number of nitrogens with zero attached hydrogens (tertiary/aromatic N) is 2. The van der Waals surface area contributed by atoms with Crippen molar-refractivity contribution in [1.82, 2.24) is 20.4 Å². The molecule has 0 aliphatic heterocycles. The Bertz CT molecular complexity index is 856. The molecule has 2 aromatic rings. The summed E-state index contributed by atoms with van der Waals surface area (Å²) >= 11 is 0. The minimum Gasteiger partial charge on any atom is -0.355 e. The Hall–Kier alpha value is -2.70. The van der Waals surface area contributed by atoms with Crippen molar-refractivity contribution in [2.24, 2.45) is 0 Å². The Morgan fingerprint density at radius 1 is 0.575 bits per heavy atom. The first-order chi connectivity index (χ1) is 19.3. The molecule has 0 aliphatic carbocycles. The Balaban J connectivity index is 1.45. The summed E-state index contributed by atoms with van der Waals surface area (Å²) in [7, 11) is 0. The molecule has 2 rings (SSSR count). The highest BCUT2D eigenvalue weighted by Gasteiger charge is 2.12. The fourth-order valence-electron chi connectivity index (χ4n) is 4.81. The lowest BCUT2D eigenvalue weighted by Gasteiger charge is -2.26. The lowest BCUT2D eigenvalue weighted by molar-refractivity contribution is -0.122. The SMILES string of the molecule is CC(C)N(CCNC(=O)CCCCCCCCC(=O)NCCN(Cc1ccccc1)C(C)C)Cc1ccccc1. The molecule has 0 unspecified atom stereocenters. The van der Waals surface area contributed by atoms with Gasteiger partial charge in [0, 0.05) is 64.2 Å². The van der Waals surface area contributed by atoms with E-state index in [0.29, 0.717) is 38.0 Å². The highest BCUT2D eigenvalue weighted by molar-refractivity contribution is 5.76. The van der Waals surface area contributed by atoms with Gasteiger partial charge in [0.25, 0.3) is 0 Å². The molecule has 0 aliphatic rings. The number of unbranched alkanes of at least 4 members (excludes halogenated alkanes) is 5. The number of hydrogen-bond donors (Lipinski definition) is 2. The Kier molecular flexibility index (Phi) is 16.9. The number of carbonyl (C=O) groups is 2. The third kappa shape index (κ3) is 15.2. The van der Waals surface area contributed by atoms with Crippen LogP contribution in [0.1, 0.15) is 90.2 Å². The van der Waals surface area contributed by atoms with Crippen molar-refractivity contribution in [3.63, 3.8) is 0 Å². The van der Waals surface area contributed by atoms with Crippen LogP contribution in [0.15, 0.2) is 60.7 Å². The largest absolute Gasteiger partial charge is 0.355 e. The van der Waals surface area contributed by atoms with Crippen LogP contribution in [0, 0.1) is 0 Å². The summed E-state index contributed by atoms with van der Waals surface area (Å²) in [6, 6.07) is 21.8. The van der Waals surface area contributed by atoms with Crippen LogP contribution in [0.5, 0.6) is 0 Å². The summed E-state index contributed by atoms with van der Waals surface area (Å²) in [6.07, 6.45) is 7.43. The minimum absolute atomic E-state index is 0.153. The third-order valence-corrected chi connectivity index (χ3v) is 7.42. The number of carbonyl (C=O) groups excluding carboxylic acids is 2. The van der Waals surface area contributed by atoms with E-state index in [4.69, 9.17) is 0 Å². The lowest BCUT2D eigenvalue weighted by Crippen LogP contribution is -2.38. The molecule has 222 valence electrons. The maximum atomic E-state index is 12.2. The van der Waals surface area contributed by atoms with Crippen LogP contribution in [0.4, 0.5) is 0 Å². The molecule has 0 bridgehead atoms. The van der Waals surface area contributed by atoms with E-state index in [9.17, 15) is 9.59 Å². The summed E-state index contributed by atoms with van der Waals surface area (Å²) < 4.78 is 0. The molecule has 0 saturated heterocycles. The van der Waals surface area contributed by atoms with Crippen LogP contribution < -0.4 is 10.6 Å². The molecule has 0 heterocycles. The van der Waals surface area contributed by atoms with Crippen LogP contribution in [0.2, 0.25) is 0 Å². The first-order valence-corrected chi connectivity index (χ1v) is 15.4. The highest BCUT2D eigenvalue weighted by atomic mass is 16.2. The smallest absolute Gasteiger partial charge is 0.220 e. The Labute approximate surface area is 243 Å². The van der Waals surface area contributed by atoms with Gasteiger partial charge in [0.2, 0.25) is 11.8 Å². The van der Waals surface area contributed by atoms with Crippen molar-refractivity contribution in [3.8, 4) is 0 Å². The molecular weight excluding hydrogens is 496 g/mol. The summed E-state index contributed by atoms with van der Waals surface area (Å²) in [6.45, 7) is 13.7. The maximum absolute atomic E-state index is 12.2. The molecule has 0 radical (unpaired) electrons. The average molecular weight is 551 g/mol. The number of nitrogens with one attached hydrogen (secondary N) is 2. The molecule has 0 spiro atoms. The van der Waals surface area contributed by atoms with E-state index in [1.807, 2.05) is 12.1 Å². The summed E-state index contributed by atoms with van der Waals surface area (Å²) in [4.78, 5) is 29.3. The first kappa shape index (κ1) is 33.5. The van der Waals surface area contributed by atoms with E-state index in [1.54, 1.807) is 0 Å². The second-order valence-electron chi connectivity index (χ2n) is 11.4. The van der Waals surface area contributed by atoms with Crippen molar-refractivity contribution in [2.45, 2.75) is 104 Å². The fraction of sp³-hybridized carbons (Fsp3) is 0.588. The number of benzene rings is 2. The zero-order valence-corrected chi connectivity index (χ0v) is 25.5. The zero-order chi connectivity index (χ0) is 29.0. The summed E-state index contributed by atoms with van der Waals surface area (Å²) in [5.74, 6) is 0.305. The van der Waals surface area contributed by atoms with Gasteiger partial charge >= 0.3 is 0 Å². The summed E-state index contributed by atoms with van der Waals surface area (Å²) in [5, 5.41) is 6.18. The van der Waals surface area contributed by atoms with Gasteiger partial charge in [-0.25, -0.2) is 0 Å². The number of hydrogen-bond acceptors (Lipinski definition) is 4. The molecule has 2 aromatic carbocycles. The van der Waals surface area contributed by atoms with E-state index >= 15 is 0 Å². The quantitative estimate of drug-likeness (QED) is 0.183. The molecule has 6 nitrogen and oxygen atoms in total. The van der Waals surface area contributed by atoms with Crippen LogP contribution in [-0.4, -0.2) is 59.9 Å². The minimum atomic E-state index is 0.153. The van der Waals surface area contributed by atoms with E-state index in [2.05, 4.69) is 96.7 Å². The van der Waals surface area contributed by atoms with Gasteiger partial charge in [-0.3, -0.25) is 19.4 Å². The number of rotatable bonds is 21. The third-order valence-electron chi connectivity index (χ3n) is 7.42. The van der Waals surface area contributed by atoms with Crippen LogP contribution in [0.25, 0.3) is 0 Å². The van der Waals surface area contributed by atoms with Crippen molar-refractivity contribution in [1.29, 1.82) is 0 Å². The molecule has 40 heavy (non-hydrogen) atoms. The van der Waals surface area contributed by atoms with Crippen LogP contribution >= 0.6 is 0 Å². The molecule has 0 atom stereocenters. The standard InChI is InChI=1S/C34H54N4O2/c1-29(2)37(27-31-17-11-9-12-18-31)25-23-35-33(39)21-15-7-5-6-8-16-22-34(40)36-24-26-38(30(3)4)28-32-19-13-10-14-20-32/h9-14,17-20,29-30H,5-8,15-16,21-28H2,1-4H3,(H,35,39)(H,36,40). The fourth-order valence-corrected chi connectivity index (χ4v) is 4.81. The van der Waals surface area contributed by atoms with E-state index in [0.717, 1.165) is 64.7 Å². The van der Waals surface area contributed by atoms with Crippen molar-refractivity contribution in [3.05, 3.63) is 71.8 Å². The van der Waals surface area contributed by atoms with Gasteiger partial charge in [-0.05, 0) is 51.7 Å². The van der Waals surface area contributed by atoms with Crippen LogP contribution in [0.3, 0.4) is 0 Å². The molecule has 2 amide bonds. The first-order valence-electron chi connectivity index (χ1n) is 15.4. The van der Waals surface area contributed by atoms with Gasteiger partial charge in [-0.2, -0.15) is 0 Å².